The molecule has 1 N–H and O–H groups in total. The predicted molar refractivity (Wildman–Crippen MR) is 75.6 cm³/mol. The second-order valence-corrected chi connectivity index (χ2v) is 5.56. The maximum Gasteiger partial charge on any atom is 0.417 e. The van der Waals surface area contributed by atoms with E-state index in [1.807, 2.05) is 13.8 Å². The molecule has 20 heavy (non-hydrogen) atoms. The third-order valence-electron chi connectivity index (χ3n) is 2.90. The van der Waals surface area contributed by atoms with E-state index in [-0.39, 0.29) is 16.1 Å². The quantitative estimate of drug-likeness (QED) is 0.812. The fraction of sp³-hybridized carbons (Fsp3) is 0.500. The molecule has 2 nitrogen and oxygen atoms in total. The van der Waals surface area contributed by atoms with Crippen LogP contribution < -0.4 is 5.32 Å². The van der Waals surface area contributed by atoms with Crippen LogP contribution in [0.2, 0.25) is 0 Å². The lowest BCUT2D eigenvalue weighted by molar-refractivity contribution is -0.138. The summed E-state index contributed by atoms with van der Waals surface area (Å²) in [6.45, 7) is 3.88. The van der Waals surface area contributed by atoms with Crippen molar-refractivity contribution in [2.45, 2.75) is 45.3 Å². The van der Waals surface area contributed by atoms with Crippen LogP contribution in [0.1, 0.15) is 49.0 Å². The van der Waals surface area contributed by atoms with Crippen LogP contribution >= 0.6 is 15.9 Å². The van der Waals surface area contributed by atoms with Gasteiger partial charge in [-0.1, -0.05) is 35.7 Å². The van der Waals surface area contributed by atoms with Gasteiger partial charge >= 0.3 is 6.18 Å². The van der Waals surface area contributed by atoms with E-state index in [2.05, 4.69) is 21.2 Å². The number of rotatable bonds is 5. The molecular weight excluding hydrogens is 335 g/mol. The zero-order valence-corrected chi connectivity index (χ0v) is 12.9. The molecule has 1 amide bonds. The molecule has 0 saturated heterocycles. The lowest BCUT2D eigenvalue weighted by Crippen LogP contribution is -2.32. The monoisotopic (exact) mass is 351 g/mol. The molecule has 0 bridgehead atoms. The summed E-state index contributed by atoms with van der Waals surface area (Å²) in [5, 5.41) is 2.71. The van der Waals surface area contributed by atoms with Gasteiger partial charge in [-0.3, -0.25) is 4.79 Å². The Kier molecular flexibility index (Phi) is 6.05. The SMILES string of the molecule is CCCCC(C)NC(=O)c1ccc(Br)c(C(F)(F)F)c1. The van der Waals surface area contributed by atoms with Gasteiger partial charge in [0.05, 0.1) is 5.56 Å². The van der Waals surface area contributed by atoms with Crippen molar-refractivity contribution >= 4 is 21.8 Å². The smallest absolute Gasteiger partial charge is 0.350 e. The van der Waals surface area contributed by atoms with Gasteiger partial charge in [0.2, 0.25) is 0 Å². The normalized spacial score (nSPS) is 13.1. The Morgan fingerprint density at radius 1 is 1.40 bits per heavy atom. The third kappa shape index (κ3) is 4.81. The second-order valence-electron chi connectivity index (χ2n) is 4.71. The van der Waals surface area contributed by atoms with E-state index in [4.69, 9.17) is 0 Å². The molecule has 0 fully saturated rings. The number of nitrogens with one attached hydrogen (secondary N) is 1. The van der Waals surface area contributed by atoms with E-state index in [0.29, 0.717) is 0 Å². The topological polar surface area (TPSA) is 29.1 Å². The molecule has 112 valence electrons. The number of hydrogen-bond donors (Lipinski definition) is 1. The van der Waals surface area contributed by atoms with Gasteiger partial charge in [0.15, 0.2) is 0 Å². The number of carbonyl (C=O) groups excluding carboxylic acids is 1. The minimum absolute atomic E-state index is 0.0175. The highest BCUT2D eigenvalue weighted by atomic mass is 79.9. The van der Waals surface area contributed by atoms with Crippen LogP contribution in [0.25, 0.3) is 0 Å². The number of carbonyl (C=O) groups is 1. The summed E-state index contributed by atoms with van der Waals surface area (Å²) in [6, 6.07) is 3.43. The van der Waals surface area contributed by atoms with E-state index >= 15 is 0 Å². The van der Waals surface area contributed by atoms with E-state index in [0.717, 1.165) is 25.3 Å². The number of hydrogen-bond acceptors (Lipinski definition) is 1. The Morgan fingerprint density at radius 2 is 2.05 bits per heavy atom. The van der Waals surface area contributed by atoms with Gasteiger partial charge in [0.1, 0.15) is 0 Å². The van der Waals surface area contributed by atoms with Crippen LogP contribution in [-0.2, 0) is 6.18 Å². The molecule has 0 saturated carbocycles. The molecule has 1 aromatic carbocycles. The van der Waals surface area contributed by atoms with Gasteiger partial charge in [0, 0.05) is 16.1 Å². The summed E-state index contributed by atoms with van der Waals surface area (Å²) in [4.78, 5) is 11.9. The Hall–Kier alpha value is -1.04. The number of unbranched alkanes of at least 4 members (excludes halogenated alkanes) is 1. The van der Waals surface area contributed by atoms with Crippen LogP contribution in [0.15, 0.2) is 22.7 Å². The molecule has 0 radical (unpaired) electrons. The second kappa shape index (κ2) is 7.11. The van der Waals surface area contributed by atoms with Gasteiger partial charge in [0.25, 0.3) is 5.91 Å². The van der Waals surface area contributed by atoms with Gasteiger partial charge in [-0.2, -0.15) is 13.2 Å². The summed E-state index contributed by atoms with van der Waals surface area (Å²) in [5.74, 6) is -0.480. The molecule has 0 spiro atoms. The van der Waals surface area contributed by atoms with Crippen molar-refractivity contribution in [1.29, 1.82) is 0 Å². The number of benzene rings is 1. The van der Waals surface area contributed by atoms with Gasteiger partial charge in [-0.05, 0) is 31.5 Å². The maximum atomic E-state index is 12.8. The molecule has 1 atom stereocenters. The highest BCUT2D eigenvalue weighted by Gasteiger charge is 2.33. The van der Waals surface area contributed by atoms with Crippen molar-refractivity contribution in [2.24, 2.45) is 0 Å². The van der Waals surface area contributed by atoms with Crippen LogP contribution in [0, 0.1) is 0 Å². The summed E-state index contributed by atoms with van der Waals surface area (Å²) in [7, 11) is 0. The lowest BCUT2D eigenvalue weighted by atomic mass is 10.1. The fourth-order valence-corrected chi connectivity index (χ4v) is 2.24. The number of alkyl halides is 3. The third-order valence-corrected chi connectivity index (χ3v) is 3.59. The van der Waals surface area contributed by atoms with E-state index in [1.165, 1.54) is 12.1 Å². The molecule has 0 aliphatic heterocycles. The van der Waals surface area contributed by atoms with Gasteiger partial charge in [-0.25, -0.2) is 0 Å². The first kappa shape index (κ1) is 17.0. The van der Waals surface area contributed by atoms with E-state index in [9.17, 15) is 18.0 Å². The summed E-state index contributed by atoms with van der Waals surface area (Å²) in [5.41, 5.74) is -0.824. The molecule has 1 unspecified atom stereocenters. The largest absolute Gasteiger partial charge is 0.417 e. The molecule has 0 heterocycles. The molecule has 6 heteroatoms. The van der Waals surface area contributed by atoms with Crippen LogP contribution in [0.3, 0.4) is 0 Å². The zero-order chi connectivity index (χ0) is 15.3. The molecule has 1 rings (SSSR count). The zero-order valence-electron chi connectivity index (χ0n) is 11.4. The molecule has 0 aromatic heterocycles. The molecular formula is C14H17BrF3NO. The van der Waals surface area contributed by atoms with Crippen LogP contribution in [0.4, 0.5) is 13.2 Å². The highest BCUT2D eigenvalue weighted by molar-refractivity contribution is 9.10. The summed E-state index contributed by atoms with van der Waals surface area (Å²) in [6.07, 6.45) is -1.69. The van der Waals surface area contributed by atoms with Gasteiger partial charge in [-0.15, -0.1) is 0 Å². The Labute approximate surface area is 124 Å². The van der Waals surface area contributed by atoms with E-state index in [1.54, 1.807) is 0 Å². The summed E-state index contributed by atoms with van der Waals surface area (Å²) < 4.78 is 38.2. The minimum atomic E-state index is -4.48. The molecule has 0 aliphatic carbocycles. The average Bonchev–Trinajstić information content (AvgIpc) is 2.35. The van der Waals surface area contributed by atoms with Crippen molar-refractivity contribution in [1.82, 2.24) is 5.32 Å². The molecule has 0 aliphatic rings. The number of halogens is 4. The van der Waals surface area contributed by atoms with Crippen molar-refractivity contribution < 1.29 is 18.0 Å². The Balaban J connectivity index is 2.84. The average molecular weight is 352 g/mol. The lowest BCUT2D eigenvalue weighted by Gasteiger charge is -2.15. The standard InChI is InChI=1S/C14H17BrF3NO/c1-3-4-5-9(2)19-13(20)10-6-7-12(15)11(8-10)14(16,17)18/h6-9H,3-5H2,1-2H3,(H,19,20). The first-order valence-electron chi connectivity index (χ1n) is 6.43. The minimum Gasteiger partial charge on any atom is -0.350 e. The summed E-state index contributed by atoms with van der Waals surface area (Å²) >= 11 is 2.85. The number of amides is 1. The Morgan fingerprint density at radius 3 is 2.60 bits per heavy atom. The van der Waals surface area contributed by atoms with Crippen LogP contribution in [-0.4, -0.2) is 11.9 Å². The predicted octanol–water partition coefficient (Wildman–Crippen LogP) is 4.78. The maximum absolute atomic E-state index is 12.8. The van der Waals surface area contributed by atoms with E-state index < -0.39 is 17.6 Å². The first-order valence-corrected chi connectivity index (χ1v) is 7.22. The Bertz CT molecular complexity index is 474. The van der Waals surface area contributed by atoms with Crippen molar-refractivity contribution in [3.8, 4) is 0 Å². The van der Waals surface area contributed by atoms with Crippen molar-refractivity contribution in [3.05, 3.63) is 33.8 Å². The van der Waals surface area contributed by atoms with Crippen LogP contribution in [0.5, 0.6) is 0 Å². The highest BCUT2D eigenvalue weighted by Crippen LogP contribution is 2.35. The first-order chi connectivity index (χ1) is 9.25. The van der Waals surface area contributed by atoms with Gasteiger partial charge < -0.3 is 5.32 Å². The molecule has 1 aromatic rings. The fourth-order valence-electron chi connectivity index (χ4n) is 1.77. The van der Waals surface area contributed by atoms with Crippen molar-refractivity contribution in [3.63, 3.8) is 0 Å². The van der Waals surface area contributed by atoms with Crippen molar-refractivity contribution in [2.75, 3.05) is 0 Å².